The van der Waals surface area contributed by atoms with E-state index in [2.05, 4.69) is 0 Å². The summed E-state index contributed by atoms with van der Waals surface area (Å²) in [6.07, 6.45) is -12.5. The predicted octanol–water partition coefficient (Wildman–Crippen LogP) is 4.56. The van der Waals surface area contributed by atoms with Gasteiger partial charge in [-0.1, -0.05) is 12.1 Å². The second-order valence-electron chi connectivity index (χ2n) is 6.78. The summed E-state index contributed by atoms with van der Waals surface area (Å²) in [5.74, 6) is -1.07. The van der Waals surface area contributed by atoms with E-state index < -0.39 is 60.5 Å². The summed E-state index contributed by atoms with van der Waals surface area (Å²) in [5, 5.41) is 10.9. The molecule has 0 aliphatic heterocycles. The van der Waals surface area contributed by atoms with Crippen LogP contribution in [-0.2, 0) is 15.5 Å². The molecule has 0 bridgehead atoms. The molecule has 0 saturated heterocycles. The molecule has 33 heavy (non-hydrogen) atoms. The van der Waals surface area contributed by atoms with E-state index in [1.807, 2.05) is 0 Å². The number of nitro benzene ring substituents is 1. The van der Waals surface area contributed by atoms with Crippen molar-refractivity contribution in [1.29, 1.82) is 0 Å². The zero-order valence-electron chi connectivity index (χ0n) is 16.5. The van der Waals surface area contributed by atoms with Crippen molar-refractivity contribution in [3.8, 4) is 0 Å². The van der Waals surface area contributed by atoms with Crippen LogP contribution in [0.3, 0.4) is 0 Å². The van der Waals surface area contributed by atoms with E-state index in [0.29, 0.717) is 17.2 Å². The van der Waals surface area contributed by atoms with Crippen LogP contribution in [0.4, 0.5) is 42.1 Å². The van der Waals surface area contributed by atoms with Crippen LogP contribution >= 0.6 is 0 Å². The molecule has 2 rings (SSSR count). The quantitative estimate of drug-likeness (QED) is 0.339. The number of hydrogen-bond acceptors (Lipinski definition) is 5. The van der Waals surface area contributed by atoms with Gasteiger partial charge in [-0.3, -0.25) is 14.9 Å². The molecule has 0 unspecified atom stereocenters. The Bertz CT molecular complexity index is 1200. The average molecular weight is 502 g/mol. The molecule has 0 N–H and O–H groups in total. The van der Waals surface area contributed by atoms with Crippen LogP contribution in [0, 0.1) is 10.1 Å². The topological polar surface area (TPSA) is 97.6 Å². The number of benzene rings is 2. The summed E-state index contributed by atoms with van der Waals surface area (Å²) in [7, 11) is -3.66. The molecule has 0 saturated carbocycles. The summed E-state index contributed by atoms with van der Waals surface area (Å²) < 4.78 is 117. The number of halogens is 7. The highest BCUT2D eigenvalue weighted by molar-refractivity contribution is 7.90. The van der Waals surface area contributed by atoms with Gasteiger partial charge in [0.05, 0.1) is 15.5 Å². The first kappa shape index (κ1) is 26.0. The number of hydrogen-bond donors (Lipinski definition) is 0. The maximum atomic E-state index is 14.4. The SMILES string of the molecule is CN(C(=O)c1cccc([N+](=O)[O-])c1)c1ccc(C(F)(C(F)(F)F)C(F)(F)F)cc1S(C)(=O)=O. The second-order valence-corrected chi connectivity index (χ2v) is 8.76. The molecule has 0 atom stereocenters. The van der Waals surface area contributed by atoms with Crippen LogP contribution in [0.25, 0.3) is 0 Å². The number of alkyl halides is 7. The molecule has 180 valence electrons. The third kappa shape index (κ3) is 4.77. The fraction of sp³-hybridized carbons (Fsp3) is 0.278. The highest BCUT2D eigenvalue weighted by atomic mass is 32.2. The fourth-order valence-electron chi connectivity index (χ4n) is 2.85. The number of nitro groups is 1. The number of amides is 1. The van der Waals surface area contributed by atoms with E-state index in [1.165, 1.54) is 0 Å². The van der Waals surface area contributed by atoms with E-state index in [0.717, 1.165) is 31.3 Å². The molecule has 7 nitrogen and oxygen atoms in total. The third-order valence-electron chi connectivity index (χ3n) is 4.51. The van der Waals surface area contributed by atoms with Crippen LogP contribution in [-0.4, -0.2) is 44.9 Å². The molecule has 2 aromatic rings. The van der Waals surface area contributed by atoms with Gasteiger partial charge < -0.3 is 4.90 Å². The molecule has 0 fully saturated rings. The van der Waals surface area contributed by atoms with Gasteiger partial charge in [0.15, 0.2) is 9.84 Å². The zero-order valence-corrected chi connectivity index (χ0v) is 17.3. The van der Waals surface area contributed by atoms with Crippen molar-refractivity contribution in [1.82, 2.24) is 0 Å². The Labute approximate surface area is 181 Å². The fourth-order valence-corrected chi connectivity index (χ4v) is 3.77. The van der Waals surface area contributed by atoms with Crippen molar-refractivity contribution in [3.63, 3.8) is 0 Å². The van der Waals surface area contributed by atoms with Crippen LogP contribution in [0.1, 0.15) is 15.9 Å². The predicted molar refractivity (Wildman–Crippen MR) is 100 cm³/mol. The molecular weight excluding hydrogens is 489 g/mol. The summed E-state index contributed by atoms with van der Waals surface area (Å²) in [6, 6.07) is 4.43. The van der Waals surface area contributed by atoms with Crippen LogP contribution in [0.15, 0.2) is 47.4 Å². The van der Waals surface area contributed by atoms with Crippen molar-refractivity contribution in [2.75, 3.05) is 18.2 Å². The zero-order chi connectivity index (χ0) is 25.6. The lowest BCUT2D eigenvalue weighted by Crippen LogP contribution is -2.50. The number of carbonyl (C=O) groups excluding carboxylic acids is 1. The molecule has 0 spiro atoms. The van der Waals surface area contributed by atoms with Gasteiger partial charge in [-0.2, -0.15) is 26.3 Å². The lowest BCUT2D eigenvalue weighted by atomic mass is 9.94. The minimum absolute atomic E-state index is 0.0578. The third-order valence-corrected chi connectivity index (χ3v) is 5.63. The first-order chi connectivity index (χ1) is 14.8. The van der Waals surface area contributed by atoms with Crippen LogP contribution in [0.5, 0.6) is 0 Å². The Morgan fingerprint density at radius 2 is 1.52 bits per heavy atom. The highest BCUT2D eigenvalue weighted by Crippen LogP contribution is 2.53. The van der Waals surface area contributed by atoms with E-state index in [9.17, 15) is 54.1 Å². The maximum absolute atomic E-state index is 14.4. The first-order valence-corrected chi connectivity index (χ1v) is 10.4. The Morgan fingerprint density at radius 1 is 0.970 bits per heavy atom. The number of anilines is 1. The number of rotatable bonds is 5. The molecule has 0 aromatic heterocycles. The summed E-state index contributed by atoms with van der Waals surface area (Å²) in [4.78, 5) is 22.1. The number of sulfone groups is 1. The number of carbonyl (C=O) groups is 1. The summed E-state index contributed by atoms with van der Waals surface area (Å²) >= 11 is 0. The highest BCUT2D eigenvalue weighted by Gasteiger charge is 2.73. The maximum Gasteiger partial charge on any atom is 0.435 e. The normalized spacial score (nSPS) is 13.0. The van der Waals surface area contributed by atoms with E-state index in [1.54, 1.807) is 0 Å². The molecule has 15 heteroatoms. The lowest BCUT2D eigenvalue weighted by Gasteiger charge is -2.31. The van der Waals surface area contributed by atoms with Gasteiger partial charge in [0.2, 0.25) is 0 Å². The molecule has 0 aliphatic rings. The van der Waals surface area contributed by atoms with Gasteiger partial charge in [-0.05, 0) is 18.2 Å². The Balaban J connectivity index is 2.70. The number of nitrogens with zero attached hydrogens (tertiary/aromatic N) is 2. The Morgan fingerprint density at radius 3 is 1.97 bits per heavy atom. The van der Waals surface area contributed by atoms with Gasteiger partial charge in [0.25, 0.3) is 11.6 Å². The van der Waals surface area contributed by atoms with Crippen molar-refractivity contribution >= 4 is 27.1 Å². The largest absolute Gasteiger partial charge is 0.435 e. The van der Waals surface area contributed by atoms with Gasteiger partial charge >= 0.3 is 18.0 Å². The van der Waals surface area contributed by atoms with E-state index in [4.69, 9.17) is 0 Å². The molecule has 2 aromatic carbocycles. The van der Waals surface area contributed by atoms with E-state index in [-0.39, 0.29) is 17.7 Å². The minimum atomic E-state index is -6.48. The summed E-state index contributed by atoms with van der Waals surface area (Å²) in [5.41, 5.74) is -9.46. The molecule has 1 amide bonds. The van der Waals surface area contributed by atoms with Crippen LogP contribution in [0.2, 0.25) is 0 Å². The van der Waals surface area contributed by atoms with Crippen molar-refractivity contribution in [2.45, 2.75) is 22.9 Å². The molecular formula is C18H13F7N2O5S. The van der Waals surface area contributed by atoms with Gasteiger partial charge in [-0.15, -0.1) is 0 Å². The Hall–Kier alpha value is -3.23. The average Bonchev–Trinajstić information content (AvgIpc) is 2.69. The Kier molecular flexibility index (Phi) is 6.53. The van der Waals surface area contributed by atoms with Crippen molar-refractivity contribution < 1.29 is 48.9 Å². The second kappa shape index (κ2) is 8.28. The first-order valence-electron chi connectivity index (χ1n) is 8.52. The molecule has 0 radical (unpaired) electrons. The molecule has 0 aliphatic carbocycles. The monoisotopic (exact) mass is 502 g/mol. The number of non-ortho nitro benzene ring substituents is 1. The van der Waals surface area contributed by atoms with Gasteiger partial charge in [0.1, 0.15) is 0 Å². The van der Waals surface area contributed by atoms with Crippen molar-refractivity contribution in [3.05, 3.63) is 63.7 Å². The summed E-state index contributed by atoms with van der Waals surface area (Å²) in [6.45, 7) is 0. The minimum Gasteiger partial charge on any atom is -0.310 e. The van der Waals surface area contributed by atoms with Gasteiger partial charge in [-0.25, -0.2) is 12.8 Å². The molecule has 0 heterocycles. The lowest BCUT2D eigenvalue weighted by molar-refractivity contribution is -0.384. The standard InChI is InChI=1S/C18H13F7N2O5S/c1-26(15(28)10-4-3-5-12(8-10)27(29)30)13-7-6-11(9-14(13)33(2,31)32)16(19,17(20,21)22)18(23,24)25/h3-9H,1-2H3. The van der Waals surface area contributed by atoms with Gasteiger partial charge in [0, 0.05) is 36.6 Å². The van der Waals surface area contributed by atoms with Crippen LogP contribution < -0.4 is 4.90 Å². The smallest absolute Gasteiger partial charge is 0.310 e. The van der Waals surface area contributed by atoms with Crippen molar-refractivity contribution in [2.24, 2.45) is 0 Å². The van der Waals surface area contributed by atoms with E-state index >= 15 is 0 Å².